The predicted octanol–water partition coefficient (Wildman–Crippen LogP) is 3.36. The van der Waals surface area contributed by atoms with E-state index in [1.807, 2.05) is 32.3 Å². The molecule has 0 aliphatic rings. The quantitative estimate of drug-likeness (QED) is 0.708. The molecule has 0 saturated carbocycles. The first kappa shape index (κ1) is 18.0. The van der Waals surface area contributed by atoms with Gasteiger partial charge in [0.1, 0.15) is 11.3 Å². The summed E-state index contributed by atoms with van der Waals surface area (Å²) in [7, 11) is 5.71. The van der Waals surface area contributed by atoms with Crippen LogP contribution in [0.1, 0.15) is 16.7 Å². The van der Waals surface area contributed by atoms with E-state index in [0.717, 1.165) is 34.4 Å². The van der Waals surface area contributed by atoms with Crippen molar-refractivity contribution in [2.45, 2.75) is 19.5 Å². The minimum Gasteiger partial charge on any atom is -0.497 e. The van der Waals surface area contributed by atoms with Crippen LogP contribution < -0.4 is 10.1 Å². The fraction of sp³-hybridized carbons (Fsp3) is 0.286. The summed E-state index contributed by atoms with van der Waals surface area (Å²) in [5.74, 6) is 0.710. The standard InChI is InChI=1S/C21H24N2O3/c1-23(2)13-16-6-4-15(5-7-16)12-22-21(24)10-17-14-26-20-11-18(25-3)8-9-19(17)20/h4-9,11,14H,10,12-13H2,1-3H3,(H,22,24). The van der Waals surface area contributed by atoms with Gasteiger partial charge in [-0.25, -0.2) is 0 Å². The van der Waals surface area contributed by atoms with E-state index < -0.39 is 0 Å². The molecule has 0 saturated heterocycles. The Bertz CT molecular complexity index is 882. The van der Waals surface area contributed by atoms with E-state index in [0.29, 0.717) is 6.54 Å². The molecule has 0 radical (unpaired) electrons. The molecule has 1 amide bonds. The van der Waals surface area contributed by atoms with Gasteiger partial charge in [0.05, 0.1) is 19.8 Å². The highest BCUT2D eigenvalue weighted by atomic mass is 16.5. The first-order valence-electron chi connectivity index (χ1n) is 8.58. The molecule has 3 aromatic rings. The van der Waals surface area contributed by atoms with E-state index in [-0.39, 0.29) is 12.3 Å². The van der Waals surface area contributed by atoms with E-state index in [4.69, 9.17) is 9.15 Å². The van der Waals surface area contributed by atoms with Crippen LogP contribution in [0, 0.1) is 0 Å². The molecular formula is C21H24N2O3. The monoisotopic (exact) mass is 352 g/mol. The average molecular weight is 352 g/mol. The molecule has 0 atom stereocenters. The van der Waals surface area contributed by atoms with Crippen LogP contribution in [0.4, 0.5) is 0 Å². The molecule has 0 fully saturated rings. The molecule has 0 unspecified atom stereocenters. The van der Waals surface area contributed by atoms with E-state index in [1.54, 1.807) is 13.4 Å². The molecule has 1 heterocycles. The molecule has 1 aromatic heterocycles. The Balaban J connectivity index is 1.57. The molecule has 0 aliphatic heterocycles. The summed E-state index contributed by atoms with van der Waals surface area (Å²) in [4.78, 5) is 14.4. The van der Waals surface area contributed by atoms with Crippen molar-refractivity contribution < 1.29 is 13.9 Å². The highest BCUT2D eigenvalue weighted by molar-refractivity contribution is 5.88. The van der Waals surface area contributed by atoms with Crippen molar-refractivity contribution >= 4 is 16.9 Å². The van der Waals surface area contributed by atoms with Gasteiger partial charge in [0.25, 0.3) is 0 Å². The number of ether oxygens (including phenoxy) is 1. The Morgan fingerprint density at radius 3 is 2.54 bits per heavy atom. The molecule has 1 N–H and O–H groups in total. The lowest BCUT2D eigenvalue weighted by Gasteiger charge is -2.10. The van der Waals surface area contributed by atoms with Gasteiger partial charge in [0.15, 0.2) is 0 Å². The third-order valence-electron chi connectivity index (χ3n) is 4.23. The SMILES string of the molecule is COc1ccc2c(CC(=O)NCc3ccc(CN(C)C)cc3)coc2c1. The van der Waals surface area contributed by atoms with E-state index in [1.165, 1.54) is 5.56 Å². The minimum atomic E-state index is -0.0270. The van der Waals surface area contributed by atoms with Crippen LogP contribution in [0.25, 0.3) is 11.0 Å². The number of rotatable bonds is 7. The summed E-state index contributed by atoms with van der Waals surface area (Å²) in [6, 6.07) is 13.9. The van der Waals surface area contributed by atoms with Crippen molar-refractivity contribution in [1.29, 1.82) is 0 Å². The van der Waals surface area contributed by atoms with Crippen LogP contribution in [-0.4, -0.2) is 32.0 Å². The second-order valence-electron chi connectivity index (χ2n) is 6.63. The number of fused-ring (bicyclic) bond motifs is 1. The zero-order valence-electron chi connectivity index (χ0n) is 15.4. The molecule has 0 spiro atoms. The van der Waals surface area contributed by atoms with Gasteiger partial charge >= 0.3 is 0 Å². The molecule has 136 valence electrons. The number of hydrogen-bond acceptors (Lipinski definition) is 4. The number of carbonyl (C=O) groups is 1. The molecule has 5 heteroatoms. The molecule has 2 aromatic carbocycles. The first-order chi connectivity index (χ1) is 12.5. The highest BCUT2D eigenvalue weighted by Crippen LogP contribution is 2.25. The zero-order valence-corrected chi connectivity index (χ0v) is 15.4. The van der Waals surface area contributed by atoms with Crippen molar-refractivity contribution in [2.75, 3.05) is 21.2 Å². The largest absolute Gasteiger partial charge is 0.497 e. The molecule has 5 nitrogen and oxygen atoms in total. The number of hydrogen-bond donors (Lipinski definition) is 1. The lowest BCUT2D eigenvalue weighted by molar-refractivity contribution is -0.120. The van der Waals surface area contributed by atoms with Crippen LogP contribution >= 0.6 is 0 Å². The number of nitrogens with one attached hydrogen (secondary N) is 1. The van der Waals surface area contributed by atoms with Gasteiger partial charge in [0.2, 0.25) is 5.91 Å². The number of carbonyl (C=O) groups excluding carboxylic acids is 1. The maximum Gasteiger partial charge on any atom is 0.224 e. The number of furan rings is 1. The van der Waals surface area contributed by atoms with Crippen molar-refractivity contribution in [3.8, 4) is 5.75 Å². The Labute approximate surface area is 153 Å². The summed E-state index contributed by atoms with van der Waals surface area (Å²) >= 11 is 0. The van der Waals surface area contributed by atoms with Crippen molar-refractivity contribution in [1.82, 2.24) is 10.2 Å². The third kappa shape index (κ3) is 4.43. The summed E-state index contributed by atoms with van der Waals surface area (Å²) in [6.45, 7) is 1.43. The Morgan fingerprint density at radius 2 is 1.85 bits per heavy atom. The second kappa shape index (κ2) is 8.06. The smallest absolute Gasteiger partial charge is 0.224 e. The summed E-state index contributed by atoms with van der Waals surface area (Å²) in [5.41, 5.74) is 3.94. The zero-order chi connectivity index (χ0) is 18.5. The van der Waals surface area contributed by atoms with Crippen molar-refractivity contribution in [3.05, 3.63) is 65.4 Å². The average Bonchev–Trinajstić information content (AvgIpc) is 3.02. The van der Waals surface area contributed by atoms with E-state index >= 15 is 0 Å². The van der Waals surface area contributed by atoms with E-state index in [2.05, 4.69) is 34.5 Å². The third-order valence-corrected chi connectivity index (χ3v) is 4.23. The molecule has 26 heavy (non-hydrogen) atoms. The number of methoxy groups -OCH3 is 1. The minimum absolute atomic E-state index is 0.0270. The Morgan fingerprint density at radius 1 is 1.12 bits per heavy atom. The van der Waals surface area contributed by atoms with Crippen LogP contribution in [0.15, 0.2) is 53.1 Å². The summed E-state index contributed by atoms with van der Waals surface area (Å²) < 4.78 is 10.7. The second-order valence-corrected chi connectivity index (χ2v) is 6.63. The van der Waals surface area contributed by atoms with Crippen LogP contribution in [0.3, 0.4) is 0 Å². The lowest BCUT2D eigenvalue weighted by Crippen LogP contribution is -2.24. The first-order valence-corrected chi connectivity index (χ1v) is 8.58. The maximum atomic E-state index is 12.3. The molecule has 0 aliphatic carbocycles. The lowest BCUT2D eigenvalue weighted by atomic mass is 10.1. The maximum absolute atomic E-state index is 12.3. The van der Waals surface area contributed by atoms with Crippen LogP contribution in [-0.2, 0) is 24.3 Å². The number of benzene rings is 2. The van der Waals surface area contributed by atoms with Gasteiger partial charge in [-0.05, 0) is 37.4 Å². The normalized spacial score (nSPS) is 11.1. The van der Waals surface area contributed by atoms with Crippen LogP contribution in [0.5, 0.6) is 5.75 Å². The van der Waals surface area contributed by atoms with Gasteiger partial charge in [-0.3, -0.25) is 4.79 Å². The van der Waals surface area contributed by atoms with Gasteiger partial charge in [-0.15, -0.1) is 0 Å². The van der Waals surface area contributed by atoms with E-state index in [9.17, 15) is 4.79 Å². The van der Waals surface area contributed by atoms with Gasteiger partial charge < -0.3 is 19.4 Å². The predicted molar refractivity (Wildman–Crippen MR) is 102 cm³/mol. The fourth-order valence-corrected chi connectivity index (χ4v) is 2.89. The molecule has 0 bridgehead atoms. The molecular weight excluding hydrogens is 328 g/mol. The van der Waals surface area contributed by atoms with Gasteiger partial charge in [0, 0.05) is 30.1 Å². The fourth-order valence-electron chi connectivity index (χ4n) is 2.89. The van der Waals surface area contributed by atoms with Gasteiger partial charge in [-0.1, -0.05) is 24.3 Å². The Hall–Kier alpha value is -2.79. The molecule has 3 rings (SSSR count). The summed E-state index contributed by atoms with van der Waals surface area (Å²) in [6.07, 6.45) is 1.93. The summed E-state index contributed by atoms with van der Waals surface area (Å²) in [5, 5.41) is 3.91. The number of amides is 1. The number of nitrogens with zero attached hydrogens (tertiary/aromatic N) is 1. The topological polar surface area (TPSA) is 54.7 Å². The van der Waals surface area contributed by atoms with Crippen molar-refractivity contribution in [3.63, 3.8) is 0 Å². The van der Waals surface area contributed by atoms with Crippen LogP contribution in [0.2, 0.25) is 0 Å². The Kier molecular flexibility index (Phi) is 5.58. The van der Waals surface area contributed by atoms with Gasteiger partial charge in [-0.2, -0.15) is 0 Å². The van der Waals surface area contributed by atoms with Crippen molar-refractivity contribution in [2.24, 2.45) is 0 Å². The highest BCUT2D eigenvalue weighted by Gasteiger charge is 2.11.